The molecule has 0 saturated heterocycles. The molecule has 502 valence electrons. The Kier molecular flexibility index (Phi) is 22.5. The Hall–Kier alpha value is -7.43. The fourth-order valence-corrected chi connectivity index (χ4v) is 14.4. The van der Waals surface area contributed by atoms with Gasteiger partial charge in [-0.05, 0) is 210 Å². The molecule has 0 saturated carbocycles. The highest BCUT2D eigenvalue weighted by atomic mass is 19.1. The topological polar surface area (TPSA) is 26.0 Å². The van der Waals surface area contributed by atoms with Gasteiger partial charge in [0.25, 0.3) is 0 Å². The minimum absolute atomic E-state index is 0.0713. The Balaban J connectivity index is 0.000000142. The summed E-state index contributed by atoms with van der Waals surface area (Å²) in [5, 5.41) is 1.25. The number of aryl methyl sites for hydroxylation is 2. The molecular weight excluding hydrogens is 1160 g/mol. The quantitative estimate of drug-likeness (QED) is 0.151. The van der Waals surface area contributed by atoms with Crippen LogP contribution >= 0.6 is 0 Å². The molecule has 0 radical (unpaired) electrons. The van der Waals surface area contributed by atoms with Crippen LogP contribution < -0.4 is 0 Å². The van der Waals surface area contributed by atoms with Crippen LogP contribution in [-0.4, -0.2) is 4.98 Å². The zero-order valence-electron chi connectivity index (χ0n) is 62.4. The van der Waals surface area contributed by atoms with E-state index in [2.05, 4.69) is 267 Å². The zero-order valence-corrected chi connectivity index (χ0v) is 62.4. The molecule has 0 N–H and O–H groups in total. The third kappa shape index (κ3) is 18.0. The van der Waals surface area contributed by atoms with Gasteiger partial charge in [0.05, 0.1) is 5.69 Å². The van der Waals surface area contributed by atoms with E-state index in [1.165, 1.54) is 97.1 Å². The first-order chi connectivity index (χ1) is 44.2. The summed E-state index contributed by atoms with van der Waals surface area (Å²) in [6, 6.07) is 37.5. The van der Waals surface area contributed by atoms with E-state index in [1.54, 1.807) is 28.8 Å². The molecule has 6 aromatic carbocycles. The third-order valence-corrected chi connectivity index (χ3v) is 18.8. The molecule has 2 nitrogen and oxygen atoms in total. The van der Waals surface area contributed by atoms with Gasteiger partial charge in [-0.1, -0.05) is 291 Å². The highest BCUT2D eigenvalue weighted by Gasteiger charge is 2.28. The molecule has 0 aliphatic heterocycles. The van der Waals surface area contributed by atoms with Crippen LogP contribution in [0.2, 0.25) is 0 Å². The highest BCUT2D eigenvalue weighted by molar-refractivity contribution is 5.83. The number of pyridine rings is 1. The van der Waals surface area contributed by atoms with Gasteiger partial charge in [0, 0.05) is 29.1 Å². The summed E-state index contributed by atoms with van der Waals surface area (Å²) in [7, 11) is 0. The second-order valence-corrected chi connectivity index (χ2v) is 34.1. The predicted octanol–water partition coefficient (Wildman–Crippen LogP) is 25.3. The summed E-state index contributed by atoms with van der Waals surface area (Å²) in [5.74, 6) is 0.888. The van der Waals surface area contributed by atoms with E-state index in [4.69, 9.17) is 4.42 Å². The maximum absolute atomic E-state index is 13.7. The van der Waals surface area contributed by atoms with Gasteiger partial charge >= 0.3 is 0 Å². The van der Waals surface area contributed by atoms with Crippen molar-refractivity contribution in [3.63, 3.8) is 0 Å². The van der Waals surface area contributed by atoms with Crippen LogP contribution in [0.4, 0.5) is 8.78 Å². The molecule has 4 heteroatoms. The normalized spacial score (nSPS) is 14.6. The van der Waals surface area contributed by atoms with E-state index in [1.807, 2.05) is 55.6 Å². The Morgan fingerprint density at radius 1 is 0.368 bits per heavy atom. The van der Waals surface area contributed by atoms with Crippen LogP contribution in [0, 0.1) is 18.6 Å². The smallest absolute Gasteiger partial charge is 0.134 e. The number of furan rings is 1. The van der Waals surface area contributed by atoms with E-state index in [0.29, 0.717) is 5.41 Å². The van der Waals surface area contributed by atoms with Gasteiger partial charge in [0.1, 0.15) is 23.0 Å². The molecule has 2 aromatic heterocycles. The number of allylic oxidation sites excluding steroid dienone is 5. The Bertz CT molecular complexity index is 4110. The fraction of sp³-hybridized carbons (Fsp3) is 0.418. The Morgan fingerprint density at radius 3 is 1.46 bits per heavy atom. The summed E-state index contributed by atoms with van der Waals surface area (Å²) in [6.45, 7) is 50.9. The molecule has 0 atom stereocenters. The van der Waals surface area contributed by atoms with Crippen LogP contribution in [0.1, 0.15) is 270 Å². The largest absolute Gasteiger partial charge is 0.461 e. The van der Waals surface area contributed by atoms with Gasteiger partial charge in [-0.25, -0.2) is 8.78 Å². The van der Waals surface area contributed by atoms with Crippen molar-refractivity contribution < 1.29 is 13.2 Å². The molecule has 0 fully saturated rings. The van der Waals surface area contributed by atoms with Gasteiger partial charge in [-0.2, -0.15) is 0 Å². The summed E-state index contributed by atoms with van der Waals surface area (Å²) in [5.41, 5.74) is 29.0. The van der Waals surface area contributed by atoms with Crippen molar-refractivity contribution in [1.82, 2.24) is 4.98 Å². The minimum Gasteiger partial charge on any atom is -0.461 e. The number of hydrogen-bond acceptors (Lipinski definition) is 2. The van der Waals surface area contributed by atoms with E-state index >= 15 is 0 Å². The highest BCUT2D eigenvalue weighted by Crippen LogP contribution is 2.40. The molecule has 2 heterocycles. The van der Waals surface area contributed by atoms with Gasteiger partial charge in [-0.3, -0.25) is 4.98 Å². The molecule has 8 aromatic rings. The number of benzene rings is 6. The Labute approximate surface area is 573 Å². The van der Waals surface area contributed by atoms with Gasteiger partial charge < -0.3 is 4.42 Å². The lowest BCUT2D eigenvalue weighted by Crippen LogP contribution is -2.16. The van der Waals surface area contributed by atoms with Crippen molar-refractivity contribution in [2.45, 2.75) is 249 Å². The van der Waals surface area contributed by atoms with Gasteiger partial charge in [0.15, 0.2) is 0 Å². The maximum Gasteiger partial charge on any atom is 0.134 e. The SMILES string of the molecule is CC(C)(C)c1c(F)ccc2c1C=CC2.CC(C)(C)c1ccc(F)c2c1C=CC2.CC(C)(C)c1cccc2c1C=CC2.CC(C)(C)c1cccc2c1CCC2.CC(C)(C)c1ccnc2c1C=CC2.CC1=Cc2c(cccc2C(C)(C)C)C1.Cc1oc2ccccc2c1C(C)(C)C. The minimum atomic E-state index is -0.121. The molecule has 14 rings (SSSR count). The van der Waals surface area contributed by atoms with Crippen molar-refractivity contribution in [1.29, 1.82) is 0 Å². The van der Waals surface area contributed by atoms with Crippen molar-refractivity contribution >= 4 is 41.3 Å². The first-order valence-electron chi connectivity index (χ1n) is 35.0. The number of halogens is 2. The molecule has 0 spiro atoms. The second kappa shape index (κ2) is 29.1. The number of rotatable bonds is 0. The standard InChI is InChI=1S/C14H18.2C13H15F.C13H16O.C13H18.C13H16.C12H15N/c1-10-8-11-6-5-7-13(12(11)9-10)14(2,3)4;1-13(2,3)11-7-8-12(14)10-6-4-5-9(10)11;1-13(2,3)12-10-6-4-5-9(10)7-8-11(12)14;1-9-12(13(2,3)4)10-7-5-6-8-11(10)14-9;2*1-13(2,3)12-9-5-7-10-6-4-8-11(10)12;1-12(2,3)10-7-8-13-11-6-4-5-9(10)11/h5-7,9H,8H2,1-4H3;4-5,7-8H,6H2,1-3H3;4,6-8H,5H2,1-3H3;5-8H,1-4H3;5,7,9H,4,6,8H2,1-3H3;4-5,7-9H,6H2,1-3H3;4-5,7-8H,6H2,1-3H3. The lowest BCUT2D eigenvalue weighted by Gasteiger charge is -2.23. The first kappa shape index (κ1) is 73.4. The lowest BCUT2D eigenvalue weighted by atomic mass is 9.82. The van der Waals surface area contributed by atoms with Gasteiger partial charge in [-0.15, -0.1) is 0 Å². The summed E-state index contributed by atoms with van der Waals surface area (Å²) >= 11 is 0. The lowest BCUT2D eigenvalue weighted by molar-refractivity contribution is 0.521. The van der Waals surface area contributed by atoms with Crippen LogP contribution in [-0.2, 0) is 82.9 Å². The first-order valence-corrected chi connectivity index (χ1v) is 35.0. The molecule has 0 bridgehead atoms. The predicted molar refractivity (Wildman–Crippen MR) is 409 cm³/mol. The number of hydrogen-bond donors (Lipinski definition) is 0. The van der Waals surface area contributed by atoms with Crippen molar-refractivity contribution in [3.8, 4) is 0 Å². The number of nitrogens with zero attached hydrogens (tertiary/aromatic N) is 1. The molecule has 95 heavy (non-hydrogen) atoms. The number of fused-ring (bicyclic) bond motifs is 7. The fourth-order valence-electron chi connectivity index (χ4n) is 14.4. The Morgan fingerprint density at radius 2 is 0.853 bits per heavy atom. The van der Waals surface area contributed by atoms with Gasteiger partial charge in [0.2, 0.25) is 0 Å². The molecular formula is C91H113F2NO. The maximum atomic E-state index is 13.7. The third-order valence-electron chi connectivity index (χ3n) is 18.8. The van der Waals surface area contributed by atoms with Crippen molar-refractivity contribution in [2.75, 3.05) is 0 Å². The van der Waals surface area contributed by atoms with E-state index < -0.39 is 0 Å². The number of aromatic nitrogens is 1. The van der Waals surface area contributed by atoms with E-state index in [-0.39, 0.29) is 44.1 Å². The average Bonchev–Trinajstić information content (AvgIpc) is 1.72. The summed E-state index contributed by atoms with van der Waals surface area (Å²) < 4.78 is 32.9. The number of para-hydroxylation sites is 1. The second-order valence-electron chi connectivity index (χ2n) is 34.1. The monoisotopic (exact) mass is 1270 g/mol. The molecule has 6 aliphatic rings. The molecule has 0 unspecified atom stereocenters. The van der Waals surface area contributed by atoms with Crippen LogP contribution in [0.5, 0.6) is 0 Å². The molecule has 0 amide bonds. The van der Waals surface area contributed by atoms with Crippen LogP contribution in [0.25, 0.3) is 41.3 Å². The van der Waals surface area contributed by atoms with Crippen LogP contribution in [0.3, 0.4) is 0 Å². The average molecular weight is 1270 g/mol. The van der Waals surface area contributed by atoms with Crippen molar-refractivity contribution in [2.24, 2.45) is 0 Å². The van der Waals surface area contributed by atoms with Crippen LogP contribution in [0.15, 0.2) is 150 Å². The zero-order chi connectivity index (χ0) is 69.8. The summed E-state index contributed by atoms with van der Waals surface area (Å²) in [6.07, 6.45) is 30.2. The van der Waals surface area contributed by atoms with E-state index in [0.717, 1.165) is 65.7 Å². The van der Waals surface area contributed by atoms with E-state index in [9.17, 15) is 8.78 Å². The van der Waals surface area contributed by atoms with Crippen molar-refractivity contribution in [3.05, 3.63) is 268 Å². The molecule has 6 aliphatic carbocycles. The summed E-state index contributed by atoms with van der Waals surface area (Å²) in [4.78, 5) is 4.37.